The quantitative estimate of drug-likeness (QED) is 0.866. The Labute approximate surface area is 104 Å². The van der Waals surface area contributed by atoms with Crippen molar-refractivity contribution in [1.82, 2.24) is 5.32 Å². The van der Waals surface area contributed by atoms with Crippen LogP contribution in [0.25, 0.3) is 0 Å². The van der Waals surface area contributed by atoms with E-state index in [-0.39, 0.29) is 5.54 Å². The lowest BCUT2D eigenvalue weighted by molar-refractivity contribution is 0.309. The van der Waals surface area contributed by atoms with Crippen molar-refractivity contribution in [3.05, 3.63) is 29.3 Å². The minimum Gasteiger partial charge on any atom is -0.496 e. The highest BCUT2D eigenvalue weighted by Gasteiger charge is 2.33. The lowest BCUT2D eigenvalue weighted by atomic mass is 9.73. The molecule has 0 heterocycles. The van der Waals surface area contributed by atoms with Crippen LogP contribution in [0.5, 0.6) is 5.75 Å². The summed E-state index contributed by atoms with van der Waals surface area (Å²) in [5.74, 6) is 1.63. The number of ether oxygens (including phenoxy) is 1. The molecular formula is C15H23NO. The molecule has 2 heteroatoms. The maximum atomic E-state index is 5.49. The lowest BCUT2D eigenvalue weighted by Crippen LogP contribution is -2.43. The van der Waals surface area contributed by atoms with Crippen LogP contribution < -0.4 is 10.1 Å². The Morgan fingerprint density at radius 2 is 2.12 bits per heavy atom. The first-order valence-electron chi connectivity index (χ1n) is 6.45. The molecule has 1 aromatic carbocycles. The average Bonchev–Trinajstić information content (AvgIpc) is 2.37. The number of rotatable bonds is 3. The zero-order valence-electron chi connectivity index (χ0n) is 11.3. The van der Waals surface area contributed by atoms with E-state index in [2.05, 4.69) is 44.4 Å². The summed E-state index contributed by atoms with van der Waals surface area (Å²) >= 11 is 0. The summed E-state index contributed by atoms with van der Waals surface area (Å²) in [5, 5.41) is 3.45. The fourth-order valence-corrected chi connectivity index (χ4v) is 2.93. The molecule has 1 unspecified atom stereocenters. The molecule has 0 aliphatic heterocycles. The first-order valence-corrected chi connectivity index (χ1v) is 6.45. The molecule has 0 saturated heterocycles. The molecule has 1 aromatic rings. The van der Waals surface area contributed by atoms with Crippen molar-refractivity contribution < 1.29 is 4.74 Å². The maximum Gasteiger partial charge on any atom is 0.122 e. The summed E-state index contributed by atoms with van der Waals surface area (Å²) in [6, 6.07) is 6.45. The molecule has 0 radical (unpaired) electrons. The van der Waals surface area contributed by atoms with Crippen LogP contribution in [0.4, 0.5) is 0 Å². The van der Waals surface area contributed by atoms with E-state index in [1.54, 1.807) is 7.11 Å². The predicted octanol–water partition coefficient (Wildman–Crippen LogP) is 3.11. The third kappa shape index (κ3) is 2.19. The fraction of sp³-hybridized carbons (Fsp3) is 0.600. The second-order valence-electron chi connectivity index (χ2n) is 5.44. The highest BCUT2D eigenvalue weighted by Crippen LogP contribution is 2.41. The van der Waals surface area contributed by atoms with E-state index in [0.29, 0.717) is 5.92 Å². The minimum atomic E-state index is 0.140. The Kier molecular flexibility index (Phi) is 3.43. The van der Waals surface area contributed by atoms with Crippen molar-refractivity contribution in [2.45, 2.75) is 44.6 Å². The molecule has 0 bridgehead atoms. The van der Waals surface area contributed by atoms with Crippen molar-refractivity contribution in [3.63, 3.8) is 0 Å². The lowest BCUT2D eigenvalue weighted by Gasteiger charge is -2.38. The van der Waals surface area contributed by atoms with Gasteiger partial charge < -0.3 is 10.1 Å². The molecule has 0 spiro atoms. The van der Waals surface area contributed by atoms with Gasteiger partial charge >= 0.3 is 0 Å². The third-order valence-corrected chi connectivity index (χ3v) is 4.20. The normalized spacial score (nSPS) is 19.9. The zero-order chi connectivity index (χ0) is 12.5. The van der Waals surface area contributed by atoms with Crippen LogP contribution in [0.3, 0.4) is 0 Å². The summed E-state index contributed by atoms with van der Waals surface area (Å²) in [5.41, 5.74) is 3.02. The monoisotopic (exact) mass is 233 g/mol. The van der Waals surface area contributed by atoms with E-state index in [1.807, 2.05) is 0 Å². The summed E-state index contributed by atoms with van der Waals surface area (Å²) in [6.45, 7) is 4.57. The zero-order valence-corrected chi connectivity index (χ0v) is 11.3. The molecule has 1 atom stereocenters. The van der Waals surface area contributed by atoms with Crippen molar-refractivity contribution in [1.29, 1.82) is 0 Å². The van der Waals surface area contributed by atoms with Crippen LogP contribution >= 0.6 is 0 Å². The highest BCUT2D eigenvalue weighted by molar-refractivity contribution is 5.44. The fourth-order valence-electron chi connectivity index (χ4n) is 2.93. The second-order valence-corrected chi connectivity index (χ2v) is 5.44. The molecule has 0 amide bonds. The predicted molar refractivity (Wildman–Crippen MR) is 71.8 cm³/mol. The summed E-state index contributed by atoms with van der Waals surface area (Å²) in [6.07, 6.45) is 3.66. The van der Waals surface area contributed by atoms with Gasteiger partial charge in [-0.2, -0.15) is 0 Å². The summed E-state index contributed by atoms with van der Waals surface area (Å²) < 4.78 is 5.49. The van der Waals surface area contributed by atoms with E-state index in [1.165, 1.54) is 24.0 Å². The molecule has 17 heavy (non-hydrogen) atoms. The Morgan fingerprint density at radius 1 is 1.35 bits per heavy atom. The number of nitrogens with one attached hydrogen (secondary N) is 1. The van der Waals surface area contributed by atoms with Crippen LogP contribution in [0.1, 0.15) is 43.7 Å². The molecule has 1 aliphatic rings. The van der Waals surface area contributed by atoms with Gasteiger partial charge in [-0.15, -0.1) is 0 Å². The molecule has 0 aromatic heterocycles. The van der Waals surface area contributed by atoms with Gasteiger partial charge in [0, 0.05) is 11.5 Å². The number of likely N-dealkylation sites (N-methyl/N-ethyl adjacent to an activating group) is 1. The smallest absolute Gasteiger partial charge is 0.122 e. The van der Waals surface area contributed by atoms with Crippen molar-refractivity contribution in [3.8, 4) is 5.75 Å². The Morgan fingerprint density at radius 3 is 2.76 bits per heavy atom. The van der Waals surface area contributed by atoms with E-state index in [9.17, 15) is 0 Å². The molecule has 1 aliphatic carbocycles. The van der Waals surface area contributed by atoms with E-state index in [0.717, 1.165) is 12.2 Å². The van der Waals surface area contributed by atoms with E-state index in [4.69, 9.17) is 4.74 Å². The minimum absolute atomic E-state index is 0.140. The van der Waals surface area contributed by atoms with Crippen LogP contribution in [-0.4, -0.2) is 19.7 Å². The average molecular weight is 233 g/mol. The Bertz CT molecular complexity index is 398. The van der Waals surface area contributed by atoms with Crippen LogP contribution in [0.15, 0.2) is 18.2 Å². The SMILES string of the molecule is CNC(C)(C)C1CCCc2c(OC)cccc21. The molecule has 2 nitrogen and oxygen atoms in total. The van der Waals surface area contributed by atoms with Crippen molar-refractivity contribution >= 4 is 0 Å². The van der Waals surface area contributed by atoms with Gasteiger partial charge in [0.25, 0.3) is 0 Å². The molecule has 2 rings (SSSR count). The third-order valence-electron chi connectivity index (χ3n) is 4.20. The highest BCUT2D eigenvalue weighted by atomic mass is 16.5. The van der Waals surface area contributed by atoms with Gasteiger partial charge in [-0.1, -0.05) is 12.1 Å². The van der Waals surface area contributed by atoms with E-state index >= 15 is 0 Å². The van der Waals surface area contributed by atoms with Gasteiger partial charge in [0.05, 0.1) is 7.11 Å². The first kappa shape index (κ1) is 12.4. The van der Waals surface area contributed by atoms with Crippen molar-refractivity contribution in [2.75, 3.05) is 14.2 Å². The molecular weight excluding hydrogens is 210 g/mol. The first-order chi connectivity index (χ1) is 8.10. The maximum absolute atomic E-state index is 5.49. The number of hydrogen-bond acceptors (Lipinski definition) is 2. The summed E-state index contributed by atoms with van der Waals surface area (Å²) in [4.78, 5) is 0. The Balaban J connectivity index is 2.45. The van der Waals surface area contributed by atoms with Crippen LogP contribution in [0.2, 0.25) is 0 Å². The van der Waals surface area contributed by atoms with Gasteiger partial charge in [-0.3, -0.25) is 0 Å². The second kappa shape index (κ2) is 4.69. The topological polar surface area (TPSA) is 21.3 Å². The van der Waals surface area contributed by atoms with E-state index < -0.39 is 0 Å². The van der Waals surface area contributed by atoms with Crippen LogP contribution in [-0.2, 0) is 6.42 Å². The largest absolute Gasteiger partial charge is 0.496 e. The van der Waals surface area contributed by atoms with Gasteiger partial charge in [0.15, 0.2) is 0 Å². The molecule has 0 saturated carbocycles. The number of hydrogen-bond donors (Lipinski definition) is 1. The van der Waals surface area contributed by atoms with Gasteiger partial charge in [-0.25, -0.2) is 0 Å². The van der Waals surface area contributed by atoms with Gasteiger partial charge in [0.1, 0.15) is 5.75 Å². The van der Waals surface area contributed by atoms with Gasteiger partial charge in [-0.05, 0) is 57.4 Å². The molecule has 1 N–H and O–H groups in total. The number of fused-ring (bicyclic) bond motifs is 1. The standard InChI is InChI=1S/C15H23NO/c1-15(2,16-3)13-9-5-8-12-11(13)7-6-10-14(12)17-4/h6-7,10,13,16H,5,8-9H2,1-4H3. The number of methoxy groups -OCH3 is 1. The molecule has 94 valence electrons. The summed E-state index contributed by atoms with van der Waals surface area (Å²) in [7, 11) is 3.82. The van der Waals surface area contributed by atoms with Gasteiger partial charge in [0.2, 0.25) is 0 Å². The molecule has 0 fully saturated rings. The Hall–Kier alpha value is -1.02. The number of benzene rings is 1. The van der Waals surface area contributed by atoms with Crippen LogP contribution in [0, 0.1) is 0 Å². The van der Waals surface area contributed by atoms with Crippen molar-refractivity contribution in [2.24, 2.45) is 0 Å².